The number of fused-ring (bicyclic) bond motifs is 1. The van der Waals surface area contributed by atoms with Gasteiger partial charge in [-0.05, 0) is 16.7 Å². The van der Waals surface area contributed by atoms with Crippen LogP contribution in [0.4, 0.5) is 5.13 Å². The van der Waals surface area contributed by atoms with Crippen LogP contribution in [0.15, 0.2) is 65.6 Å². The Morgan fingerprint density at radius 2 is 1.79 bits per heavy atom. The van der Waals surface area contributed by atoms with Crippen LogP contribution in [0.1, 0.15) is 15.9 Å². The minimum absolute atomic E-state index is 0.0881. The SMILES string of the molecule is CNC(=O)c1cn(Cc2ccccc2-c2ccccc2)c2sc(NC)nc2c1=O. The Labute approximate surface area is 171 Å². The Hall–Kier alpha value is -3.45. The lowest BCUT2D eigenvalue weighted by Crippen LogP contribution is -2.27. The summed E-state index contributed by atoms with van der Waals surface area (Å²) < 4.78 is 1.93. The van der Waals surface area contributed by atoms with E-state index >= 15 is 0 Å². The summed E-state index contributed by atoms with van der Waals surface area (Å²) in [5.74, 6) is -0.416. The molecular formula is C22H20N4O2S. The Kier molecular flexibility index (Phi) is 5.14. The van der Waals surface area contributed by atoms with Crippen LogP contribution in [0, 0.1) is 0 Å². The van der Waals surface area contributed by atoms with Crippen LogP contribution < -0.4 is 16.1 Å². The number of nitrogens with zero attached hydrogens (tertiary/aromatic N) is 2. The summed E-state index contributed by atoms with van der Waals surface area (Å²) in [5, 5.41) is 6.17. The van der Waals surface area contributed by atoms with E-state index < -0.39 is 5.91 Å². The van der Waals surface area contributed by atoms with Crippen molar-refractivity contribution in [3.63, 3.8) is 0 Å². The molecule has 0 fully saturated rings. The number of amides is 1. The monoisotopic (exact) mass is 404 g/mol. The molecule has 0 aliphatic carbocycles. The number of nitrogens with one attached hydrogen (secondary N) is 2. The molecule has 0 unspecified atom stereocenters. The zero-order chi connectivity index (χ0) is 20.4. The number of anilines is 1. The molecule has 2 heterocycles. The number of rotatable bonds is 5. The maximum absolute atomic E-state index is 12.8. The summed E-state index contributed by atoms with van der Waals surface area (Å²) in [7, 11) is 3.28. The van der Waals surface area contributed by atoms with Crippen molar-refractivity contribution in [1.29, 1.82) is 0 Å². The first kappa shape index (κ1) is 18.9. The van der Waals surface area contributed by atoms with Gasteiger partial charge in [0.15, 0.2) is 5.13 Å². The van der Waals surface area contributed by atoms with Crippen molar-refractivity contribution in [2.24, 2.45) is 0 Å². The molecule has 6 nitrogen and oxygen atoms in total. The van der Waals surface area contributed by atoms with Gasteiger partial charge >= 0.3 is 0 Å². The minimum atomic E-state index is -0.416. The zero-order valence-electron chi connectivity index (χ0n) is 16.1. The average molecular weight is 404 g/mol. The number of hydrogen-bond donors (Lipinski definition) is 2. The van der Waals surface area contributed by atoms with Gasteiger partial charge in [0.25, 0.3) is 5.91 Å². The Balaban J connectivity index is 1.89. The number of carbonyl (C=O) groups excluding carboxylic acids is 1. The van der Waals surface area contributed by atoms with E-state index in [0.29, 0.717) is 17.2 Å². The van der Waals surface area contributed by atoms with Crippen molar-refractivity contribution >= 4 is 32.7 Å². The molecule has 2 N–H and O–H groups in total. The van der Waals surface area contributed by atoms with Crippen LogP contribution in [-0.2, 0) is 6.54 Å². The molecule has 4 aromatic rings. The number of aromatic nitrogens is 2. The maximum Gasteiger partial charge on any atom is 0.256 e. The first-order valence-corrected chi connectivity index (χ1v) is 10.0. The fraction of sp³-hybridized carbons (Fsp3) is 0.136. The molecule has 1 amide bonds. The summed E-state index contributed by atoms with van der Waals surface area (Å²) in [6, 6.07) is 18.3. The first-order chi connectivity index (χ1) is 14.1. The van der Waals surface area contributed by atoms with Crippen LogP contribution in [0.25, 0.3) is 21.5 Å². The van der Waals surface area contributed by atoms with Gasteiger partial charge in [-0.1, -0.05) is 65.9 Å². The number of benzene rings is 2. The molecule has 0 spiro atoms. The van der Waals surface area contributed by atoms with E-state index in [1.807, 2.05) is 34.9 Å². The second-order valence-corrected chi connectivity index (χ2v) is 7.50. The van der Waals surface area contributed by atoms with E-state index in [0.717, 1.165) is 21.5 Å². The Morgan fingerprint density at radius 1 is 1.07 bits per heavy atom. The smallest absolute Gasteiger partial charge is 0.256 e. The lowest BCUT2D eigenvalue weighted by atomic mass is 9.99. The third kappa shape index (κ3) is 3.52. The summed E-state index contributed by atoms with van der Waals surface area (Å²) in [6.07, 6.45) is 1.63. The molecule has 4 rings (SSSR count). The molecule has 0 radical (unpaired) electrons. The van der Waals surface area contributed by atoms with Crippen LogP contribution in [0.2, 0.25) is 0 Å². The molecule has 7 heteroatoms. The van der Waals surface area contributed by atoms with Gasteiger partial charge in [-0.3, -0.25) is 9.59 Å². The van der Waals surface area contributed by atoms with Gasteiger partial charge < -0.3 is 15.2 Å². The highest BCUT2D eigenvalue weighted by Crippen LogP contribution is 2.28. The van der Waals surface area contributed by atoms with Gasteiger partial charge in [0.05, 0.1) is 0 Å². The fourth-order valence-electron chi connectivity index (χ4n) is 3.32. The van der Waals surface area contributed by atoms with Crippen molar-refractivity contribution in [3.05, 3.63) is 82.1 Å². The predicted octanol–water partition coefficient (Wildman–Crippen LogP) is 3.57. The van der Waals surface area contributed by atoms with E-state index in [9.17, 15) is 9.59 Å². The largest absolute Gasteiger partial charge is 0.365 e. The number of pyridine rings is 1. The number of thiazole rings is 1. The molecule has 0 atom stereocenters. The lowest BCUT2D eigenvalue weighted by molar-refractivity contribution is 0.0961. The minimum Gasteiger partial charge on any atom is -0.365 e. The van der Waals surface area contributed by atoms with Gasteiger partial charge in [0.1, 0.15) is 15.9 Å². The molecular weight excluding hydrogens is 384 g/mol. The van der Waals surface area contributed by atoms with E-state index in [-0.39, 0.29) is 11.0 Å². The Morgan fingerprint density at radius 3 is 2.52 bits per heavy atom. The van der Waals surface area contributed by atoms with Crippen LogP contribution in [-0.4, -0.2) is 29.6 Å². The molecule has 0 aliphatic rings. The van der Waals surface area contributed by atoms with Crippen LogP contribution >= 0.6 is 11.3 Å². The van der Waals surface area contributed by atoms with E-state index in [1.54, 1.807) is 13.2 Å². The zero-order valence-corrected chi connectivity index (χ0v) is 16.9. The Bertz CT molecular complexity index is 1240. The van der Waals surface area contributed by atoms with Gasteiger partial charge in [0.2, 0.25) is 5.43 Å². The van der Waals surface area contributed by atoms with Crippen LogP contribution in [0.3, 0.4) is 0 Å². The fourth-order valence-corrected chi connectivity index (χ4v) is 4.21. The third-order valence-corrected chi connectivity index (χ3v) is 5.85. The van der Waals surface area contributed by atoms with Crippen molar-refractivity contribution < 1.29 is 4.79 Å². The molecule has 0 bridgehead atoms. The summed E-state index contributed by atoms with van der Waals surface area (Å²) in [6.45, 7) is 0.511. The highest BCUT2D eigenvalue weighted by molar-refractivity contribution is 7.21. The van der Waals surface area contributed by atoms with Crippen molar-refractivity contribution in [2.75, 3.05) is 19.4 Å². The maximum atomic E-state index is 12.8. The van der Waals surface area contributed by atoms with E-state index in [2.05, 4.69) is 39.9 Å². The normalized spacial score (nSPS) is 10.8. The molecule has 2 aromatic carbocycles. The molecule has 29 heavy (non-hydrogen) atoms. The predicted molar refractivity (Wildman–Crippen MR) is 118 cm³/mol. The van der Waals surface area contributed by atoms with Gasteiger partial charge in [-0.2, -0.15) is 0 Å². The first-order valence-electron chi connectivity index (χ1n) is 9.19. The number of hydrogen-bond acceptors (Lipinski definition) is 5. The molecule has 0 saturated carbocycles. The number of carbonyl (C=O) groups is 1. The molecule has 0 aliphatic heterocycles. The van der Waals surface area contributed by atoms with Crippen molar-refractivity contribution in [1.82, 2.24) is 14.9 Å². The van der Waals surface area contributed by atoms with E-state index in [4.69, 9.17) is 0 Å². The average Bonchev–Trinajstić information content (AvgIpc) is 3.21. The molecule has 0 saturated heterocycles. The van der Waals surface area contributed by atoms with E-state index in [1.165, 1.54) is 18.4 Å². The van der Waals surface area contributed by atoms with Gasteiger partial charge in [-0.25, -0.2) is 4.98 Å². The lowest BCUT2D eigenvalue weighted by Gasteiger charge is -2.14. The molecule has 2 aromatic heterocycles. The third-order valence-electron chi connectivity index (χ3n) is 4.74. The van der Waals surface area contributed by atoms with Crippen molar-refractivity contribution in [2.45, 2.75) is 6.54 Å². The molecule has 146 valence electrons. The highest BCUT2D eigenvalue weighted by atomic mass is 32.1. The standard InChI is InChI=1S/C22H20N4O2S/c1-23-20(28)17-13-26(21-18(19(17)27)25-22(24-2)29-21)12-15-10-6-7-11-16(15)14-8-4-3-5-9-14/h3-11,13H,12H2,1-2H3,(H,23,28)(H,24,25). The topological polar surface area (TPSA) is 76.0 Å². The van der Waals surface area contributed by atoms with Crippen molar-refractivity contribution in [3.8, 4) is 11.1 Å². The summed E-state index contributed by atoms with van der Waals surface area (Å²) in [4.78, 5) is 30.2. The van der Waals surface area contributed by atoms with Gasteiger partial charge in [0, 0.05) is 26.8 Å². The highest BCUT2D eigenvalue weighted by Gasteiger charge is 2.19. The second kappa shape index (κ2) is 7.89. The van der Waals surface area contributed by atoms with Gasteiger partial charge in [-0.15, -0.1) is 0 Å². The van der Waals surface area contributed by atoms with Crippen LogP contribution in [0.5, 0.6) is 0 Å². The quantitative estimate of drug-likeness (QED) is 0.533. The summed E-state index contributed by atoms with van der Waals surface area (Å²) >= 11 is 1.40. The second-order valence-electron chi connectivity index (χ2n) is 6.52. The summed E-state index contributed by atoms with van der Waals surface area (Å²) in [5.41, 5.74) is 3.35.